The molecule has 2 atom stereocenters. The molecule has 212 valence electrons. The minimum Gasteiger partial charge on any atom is -0.379 e. The van der Waals surface area contributed by atoms with Gasteiger partial charge in [-0.1, -0.05) is 35.5 Å². The number of rotatable bonds is 7. The Bertz CT molecular complexity index is 1390. The van der Waals surface area contributed by atoms with Crippen LogP contribution in [0.25, 0.3) is 0 Å². The number of fused-ring (bicyclic) bond motifs is 1. The van der Waals surface area contributed by atoms with Gasteiger partial charge >= 0.3 is 0 Å². The molecule has 2 fully saturated rings. The molecule has 8 nitrogen and oxygen atoms in total. The second-order valence-corrected chi connectivity index (χ2v) is 15.4. The quantitative estimate of drug-likeness (QED) is 0.350. The van der Waals surface area contributed by atoms with E-state index in [2.05, 4.69) is 31.3 Å². The van der Waals surface area contributed by atoms with Gasteiger partial charge in [0.25, 0.3) is 0 Å². The SMILES string of the molecule is CC(C)(C)S(=O)N[C@@H]1c2cccnc2CC12CCN(c1cnc(Sc3cccc(NC4CNC4)c3Cl)cn1)CC2. The van der Waals surface area contributed by atoms with Gasteiger partial charge in [0, 0.05) is 43.0 Å². The summed E-state index contributed by atoms with van der Waals surface area (Å²) in [6, 6.07) is 10.6. The van der Waals surface area contributed by atoms with Crippen LogP contribution in [0.4, 0.5) is 11.5 Å². The zero-order valence-electron chi connectivity index (χ0n) is 23.1. The highest BCUT2D eigenvalue weighted by Crippen LogP contribution is 2.52. The molecule has 1 unspecified atom stereocenters. The minimum atomic E-state index is -1.16. The fourth-order valence-electron chi connectivity index (χ4n) is 5.70. The number of piperidine rings is 1. The van der Waals surface area contributed by atoms with Crippen molar-refractivity contribution in [3.05, 3.63) is 65.2 Å². The topological polar surface area (TPSA) is 95.1 Å². The predicted octanol–water partition coefficient (Wildman–Crippen LogP) is 5.00. The molecule has 1 aromatic carbocycles. The molecule has 1 aliphatic carbocycles. The van der Waals surface area contributed by atoms with Crippen molar-refractivity contribution in [3.63, 3.8) is 0 Å². The third-order valence-corrected chi connectivity index (χ3v) is 11.2. The van der Waals surface area contributed by atoms with Crippen LogP contribution in [0.5, 0.6) is 0 Å². The van der Waals surface area contributed by atoms with Crippen LogP contribution < -0.4 is 20.3 Å². The van der Waals surface area contributed by atoms with E-state index in [-0.39, 0.29) is 16.2 Å². The Labute approximate surface area is 248 Å². The minimum absolute atomic E-state index is 0.0112. The molecule has 3 aromatic rings. The lowest BCUT2D eigenvalue weighted by Crippen LogP contribution is -2.51. The maximum Gasteiger partial charge on any atom is 0.147 e. The molecule has 4 heterocycles. The molecule has 2 aliphatic heterocycles. The molecule has 11 heteroatoms. The highest BCUT2D eigenvalue weighted by Gasteiger charge is 2.49. The van der Waals surface area contributed by atoms with Gasteiger partial charge in [-0.3, -0.25) is 4.98 Å². The summed E-state index contributed by atoms with van der Waals surface area (Å²) in [5.74, 6) is 0.884. The molecular formula is C29H36ClN7OS2. The molecule has 3 N–H and O–H groups in total. The van der Waals surface area contributed by atoms with Crippen LogP contribution in [0.1, 0.15) is 50.9 Å². The first-order valence-corrected chi connectivity index (χ1v) is 16.2. The van der Waals surface area contributed by atoms with E-state index < -0.39 is 11.0 Å². The summed E-state index contributed by atoms with van der Waals surface area (Å²) in [4.78, 5) is 17.5. The lowest BCUT2D eigenvalue weighted by molar-refractivity contribution is 0.176. The average Bonchev–Trinajstić information content (AvgIpc) is 3.21. The number of nitrogens with one attached hydrogen (secondary N) is 3. The molecule has 3 aliphatic rings. The van der Waals surface area contributed by atoms with Crippen molar-refractivity contribution >= 4 is 45.9 Å². The van der Waals surface area contributed by atoms with Crippen molar-refractivity contribution in [2.45, 2.75) is 66.8 Å². The molecule has 6 rings (SSSR count). The first kappa shape index (κ1) is 27.9. The maximum atomic E-state index is 13.1. The number of benzene rings is 1. The third-order valence-electron chi connectivity index (χ3n) is 8.17. The van der Waals surface area contributed by atoms with Gasteiger partial charge in [0.1, 0.15) is 10.8 Å². The molecule has 0 bridgehead atoms. The Morgan fingerprint density at radius 2 is 1.90 bits per heavy atom. The van der Waals surface area contributed by atoms with Gasteiger partial charge in [-0.25, -0.2) is 18.9 Å². The number of nitrogens with zero attached hydrogens (tertiary/aromatic N) is 4. The standard InChI is InChI=1S/C29H36ClN7OS2/c1-28(2,3)40(38)36-27-20-6-5-11-32-22(20)14-29(27)9-12-37(13-10-29)24-17-34-25(18-33-24)39-23-8-4-7-21(26(23)30)35-19-15-31-16-19/h4-8,11,17-19,27,31,35-36H,9-10,12-16H2,1-3H3/t27-,40?/m1/s1. The van der Waals surface area contributed by atoms with E-state index >= 15 is 0 Å². The lowest BCUT2D eigenvalue weighted by Gasteiger charge is -2.44. The Morgan fingerprint density at radius 1 is 1.10 bits per heavy atom. The van der Waals surface area contributed by atoms with Crippen LogP contribution in [0.3, 0.4) is 0 Å². The third kappa shape index (κ3) is 5.61. The van der Waals surface area contributed by atoms with Gasteiger partial charge < -0.3 is 15.5 Å². The predicted molar refractivity (Wildman–Crippen MR) is 163 cm³/mol. The number of halogens is 1. The summed E-state index contributed by atoms with van der Waals surface area (Å²) in [6.45, 7) is 9.68. The Balaban J connectivity index is 1.12. The largest absolute Gasteiger partial charge is 0.379 e. The Kier molecular flexibility index (Phi) is 7.82. The van der Waals surface area contributed by atoms with E-state index in [1.54, 1.807) is 0 Å². The van der Waals surface area contributed by atoms with Gasteiger partial charge in [-0.15, -0.1) is 0 Å². The van der Waals surface area contributed by atoms with Crippen molar-refractivity contribution in [3.8, 4) is 0 Å². The van der Waals surface area contributed by atoms with Crippen LogP contribution in [0.2, 0.25) is 5.02 Å². The summed E-state index contributed by atoms with van der Waals surface area (Å²) < 4.78 is 16.3. The van der Waals surface area contributed by atoms with E-state index in [0.717, 1.165) is 72.6 Å². The zero-order chi connectivity index (χ0) is 27.9. The maximum absolute atomic E-state index is 13.1. The van der Waals surface area contributed by atoms with Crippen molar-refractivity contribution < 1.29 is 4.21 Å². The van der Waals surface area contributed by atoms with Gasteiger partial charge in [-0.2, -0.15) is 0 Å². The monoisotopic (exact) mass is 597 g/mol. The van der Waals surface area contributed by atoms with E-state index in [4.69, 9.17) is 21.6 Å². The summed E-state index contributed by atoms with van der Waals surface area (Å²) in [5.41, 5.74) is 3.26. The molecule has 0 saturated carbocycles. The average molecular weight is 598 g/mol. The highest BCUT2D eigenvalue weighted by molar-refractivity contribution is 7.99. The first-order valence-electron chi connectivity index (χ1n) is 13.8. The highest BCUT2D eigenvalue weighted by atomic mass is 35.5. The van der Waals surface area contributed by atoms with Crippen LogP contribution in [-0.4, -0.2) is 56.1 Å². The molecule has 0 radical (unpaired) electrons. The summed E-state index contributed by atoms with van der Waals surface area (Å²) in [6.07, 6.45) is 8.41. The van der Waals surface area contributed by atoms with Gasteiger partial charge in [0.15, 0.2) is 0 Å². The normalized spacial score (nSPS) is 21.2. The molecule has 1 spiro atoms. The fraction of sp³-hybridized carbons (Fsp3) is 0.483. The number of hydrogen-bond donors (Lipinski definition) is 3. The number of anilines is 2. The fourth-order valence-corrected chi connectivity index (χ4v) is 7.72. The molecule has 2 saturated heterocycles. The van der Waals surface area contributed by atoms with Gasteiger partial charge in [0.2, 0.25) is 0 Å². The number of pyridine rings is 1. The van der Waals surface area contributed by atoms with Crippen LogP contribution in [0, 0.1) is 5.41 Å². The Hall–Kier alpha value is -2.24. The van der Waals surface area contributed by atoms with E-state index in [0.29, 0.717) is 11.1 Å². The second-order valence-electron chi connectivity index (χ2n) is 11.9. The van der Waals surface area contributed by atoms with Crippen LogP contribution in [-0.2, 0) is 17.4 Å². The number of aromatic nitrogens is 3. The van der Waals surface area contributed by atoms with Crippen LogP contribution in [0.15, 0.2) is 58.8 Å². The summed E-state index contributed by atoms with van der Waals surface area (Å²) >= 11 is 8.24. The van der Waals surface area contributed by atoms with Crippen molar-refractivity contribution in [1.29, 1.82) is 0 Å². The van der Waals surface area contributed by atoms with Crippen molar-refractivity contribution in [2.24, 2.45) is 5.41 Å². The van der Waals surface area contributed by atoms with Crippen molar-refractivity contribution in [2.75, 3.05) is 36.4 Å². The molecule has 2 aromatic heterocycles. The smallest absolute Gasteiger partial charge is 0.147 e. The van der Waals surface area contributed by atoms with Crippen molar-refractivity contribution in [1.82, 2.24) is 25.0 Å². The molecule has 0 amide bonds. The van der Waals surface area contributed by atoms with Gasteiger partial charge in [0.05, 0.1) is 50.9 Å². The Morgan fingerprint density at radius 3 is 2.58 bits per heavy atom. The lowest BCUT2D eigenvalue weighted by atomic mass is 9.73. The van der Waals surface area contributed by atoms with E-state index in [1.165, 1.54) is 17.3 Å². The number of hydrogen-bond acceptors (Lipinski definition) is 8. The van der Waals surface area contributed by atoms with E-state index in [1.807, 2.05) is 63.6 Å². The summed E-state index contributed by atoms with van der Waals surface area (Å²) in [5, 5.41) is 8.30. The van der Waals surface area contributed by atoms with Gasteiger partial charge in [-0.05, 0) is 69.2 Å². The molecule has 40 heavy (non-hydrogen) atoms. The molecular weight excluding hydrogens is 562 g/mol. The second kappa shape index (κ2) is 11.2. The zero-order valence-corrected chi connectivity index (χ0v) is 25.5. The van der Waals surface area contributed by atoms with Crippen LogP contribution >= 0.6 is 23.4 Å². The summed E-state index contributed by atoms with van der Waals surface area (Å²) in [7, 11) is -1.16. The van der Waals surface area contributed by atoms with E-state index in [9.17, 15) is 4.21 Å². The first-order chi connectivity index (χ1) is 19.2.